The summed E-state index contributed by atoms with van der Waals surface area (Å²) >= 11 is 0. The Morgan fingerprint density at radius 1 is 0.553 bits per heavy atom. The van der Waals surface area contributed by atoms with Crippen molar-refractivity contribution in [2.24, 2.45) is 74.9 Å². The van der Waals surface area contributed by atoms with E-state index in [1.54, 1.807) is 0 Å². The number of fused-ring (bicyclic) bond motifs is 2. The van der Waals surface area contributed by atoms with Crippen LogP contribution in [0.3, 0.4) is 0 Å². The summed E-state index contributed by atoms with van der Waals surface area (Å²) in [6, 6.07) is 0. The van der Waals surface area contributed by atoms with Gasteiger partial charge in [0.2, 0.25) is 0 Å². The minimum atomic E-state index is -4.50. The second kappa shape index (κ2) is 11.3. The average Bonchev–Trinajstić information content (AvgIpc) is 2.62. The van der Waals surface area contributed by atoms with Crippen LogP contribution in [0.1, 0.15) is 117 Å². The molecule has 3 rings (SSSR count). The van der Waals surface area contributed by atoms with Crippen LogP contribution in [0.4, 0.5) is 0 Å². The molecule has 2 saturated carbocycles. The molecule has 0 aromatic rings. The van der Waals surface area contributed by atoms with E-state index in [-0.39, 0.29) is 87.1 Å². The van der Waals surface area contributed by atoms with Gasteiger partial charge in [0.05, 0.1) is 12.2 Å². The molecular formula is C32H60NaO4P. The van der Waals surface area contributed by atoms with Gasteiger partial charge >= 0.3 is 29.6 Å². The predicted octanol–water partition coefficient (Wildman–Crippen LogP) is 5.84. The molecular weight excluding hydrogens is 502 g/mol. The largest absolute Gasteiger partial charge is 1.00 e. The molecule has 1 saturated heterocycles. The van der Waals surface area contributed by atoms with Gasteiger partial charge in [-0.2, -0.15) is 0 Å². The Morgan fingerprint density at radius 2 is 0.816 bits per heavy atom. The van der Waals surface area contributed by atoms with Crippen molar-refractivity contribution in [1.82, 2.24) is 0 Å². The smallest absolute Gasteiger partial charge is 0.756 e. The molecule has 0 amide bonds. The van der Waals surface area contributed by atoms with Crippen LogP contribution in [0.2, 0.25) is 0 Å². The van der Waals surface area contributed by atoms with E-state index >= 15 is 0 Å². The van der Waals surface area contributed by atoms with Crippen LogP contribution in [-0.2, 0) is 13.6 Å². The van der Waals surface area contributed by atoms with Gasteiger partial charge in [0, 0.05) is 0 Å². The van der Waals surface area contributed by atoms with E-state index in [4.69, 9.17) is 9.05 Å². The molecule has 0 aromatic heterocycles. The van der Waals surface area contributed by atoms with Gasteiger partial charge in [-0.3, -0.25) is 4.57 Å². The molecule has 218 valence electrons. The number of hydrogen-bond donors (Lipinski definition) is 0. The topological polar surface area (TPSA) is 58.6 Å². The molecule has 3 fully saturated rings. The summed E-state index contributed by atoms with van der Waals surface area (Å²) in [6.45, 7) is 34.9. The Bertz CT molecular complexity index is 795. The molecule has 1 heterocycles. The van der Waals surface area contributed by atoms with Gasteiger partial charge in [-0.25, -0.2) is 0 Å². The van der Waals surface area contributed by atoms with Crippen LogP contribution in [0.5, 0.6) is 0 Å². The Kier molecular flexibility index (Phi) is 10.5. The molecule has 1 aliphatic heterocycles. The monoisotopic (exact) mass is 562 g/mol. The number of phosphoric acid groups is 1. The number of hydrogen-bond acceptors (Lipinski definition) is 4. The van der Waals surface area contributed by atoms with Crippen LogP contribution in [0, 0.1) is 74.9 Å². The summed E-state index contributed by atoms with van der Waals surface area (Å²) in [5.74, 6) is 2.68. The van der Waals surface area contributed by atoms with Crippen LogP contribution >= 0.6 is 7.82 Å². The maximum Gasteiger partial charge on any atom is 1.00 e. The third-order valence-corrected chi connectivity index (χ3v) is 12.2. The van der Waals surface area contributed by atoms with Crippen LogP contribution in [0.15, 0.2) is 0 Å². The molecule has 0 spiro atoms. The Hall–Kier alpha value is 1.11. The van der Waals surface area contributed by atoms with Crippen molar-refractivity contribution in [3.63, 3.8) is 0 Å². The second-order valence-corrected chi connectivity index (χ2v) is 19.0. The van der Waals surface area contributed by atoms with Gasteiger partial charge in [0.1, 0.15) is 0 Å². The average molecular weight is 563 g/mol. The van der Waals surface area contributed by atoms with Crippen molar-refractivity contribution in [2.75, 3.05) is 0 Å². The Labute approximate surface area is 258 Å². The second-order valence-electron chi connectivity index (χ2n) is 17.7. The maximum absolute atomic E-state index is 13.7. The summed E-state index contributed by atoms with van der Waals surface area (Å²) in [6.07, 6.45) is 1.29. The quantitative estimate of drug-likeness (QED) is 0.275. The van der Waals surface area contributed by atoms with Crippen molar-refractivity contribution < 1.29 is 48.1 Å². The van der Waals surface area contributed by atoms with E-state index in [0.717, 1.165) is 12.8 Å². The molecule has 10 atom stereocenters. The third-order valence-electron chi connectivity index (χ3n) is 11.2. The molecule has 38 heavy (non-hydrogen) atoms. The molecule has 10 unspecified atom stereocenters. The fourth-order valence-corrected chi connectivity index (χ4v) is 10.5. The van der Waals surface area contributed by atoms with Crippen molar-refractivity contribution in [3.05, 3.63) is 0 Å². The summed E-state index contributed by atoms with van der Waals surface area (Å²) < 4.78 is 26.2. The zero-order valence-corrected chi connectivity index (χ0v) is 30.7. The van der Waals surface area contributed by atoms with Crippen LogP contribution in [-0.4, -0.2) is 12.2 Å². The number of phosphoric ester groups is 1. The van der Waals surface area contributed by atoms with Crippen molar-refractivity contribution in [2.45, 2.75) is 129 Å². The molecule has 4 nitrogen and oxygen atoms in total. The minimum absolute atomic E-state index is 0. The Morgan fingerprint density at radius 3 is 1.05 bits per heavy atom. The first-order chi connectivity index (χ1) is 16.4. The summed E-state index contributed by atoms with van der Waals surface area (Å²) in [7, 11) is -4.50. The normalized spacial score (nSPS) is 45.2. The molecule has 3 aliphatic rings. The molecule has 0 bridgehead atoms. The standard InChI is InChI=1S/C32H61O4P.Na/c1-18-21(29(4,5)6)16-23(31(10,11)12)27-25(18)20(3)26-19(2)22(30(7,8)9)17-24(32(13,14)15)28(26)36-37(33,34)35-27;/h18-28H,16-17H2,1-15H3,(H,33,34);/q;+1/p-1. The minimum Gasteiger partial charge on any atom is -0.756 e. The van der Waals surface area contributed by atoms with E-state index in [9.17, 15) is 9.46 Å². The van der Waals surface area contributed by atoms with Gasteiger partial charge < -0.3 is 13.9 Å². The van der Waals surface area contributed by atoms with E-state index in [0.29, 0.717) is 29.6 Å². The Balaban J connectivity index is 0.00000507. The summed E-state index contributed by atoms with van der Waals surface area (Å²) in [4.78, 5) is 13.7. The van der Waals surface area contributed by atoms with Crippen molar-refractivity contribution in [1.29, 1.82) is 0 Å². The van der Waals surface area contributed by atoms with Crippen LogP contribution in [0.25, 0.3) is 0 Å². The van der Waals surface area contributed by atoms with E-state index in [2.05, 4.69) is 104 Å². The molecule has 0 aromatic carbocycles. The van der Waals surface area contributed by atoms with Crippen LogP contribution < -0.4 is 34.5 Å². The SMILES string of the molecule is CC1C2C(C)C(C(C)(C)C)CC(C(C)(C)C)C2OP(=O)([O-])OC2C1C(C)C(C(C)(C)C)CC2C(C)(C)C.[Na+]. The van der Waals surface area contributed by atoms with E-state index in [1.165, 1.54) is 0 Å². The molecule has 6 heteroatoms. The van der Waals surface area contributed by atoms with Gasteiger partial charge in [0.25, 0.3) is 7.82 Å². The van der Waals surface area contributed by atoms with Gasteiger partial charge in [-0.15, -0.1) is 0 Å². The molecule has 0 N–H and O–H groups in total. The fraction of sp³-hybridized carbons (Fsp3) is 1.00. The maximum atomic E-state index is 13.7. The zero-order valence-electron chi connectivity index (χ0n) is 27.8. The van der Waals surface area contributed by atoms with Gasteiger partial charge in [-0.05, 0) is 87.8 Å². The van der Waals surface area contributed by atoms with E-state index in [1.807, 2.05) is 0 Å². The number of rotatable bonds is 0. The molecule has 2 aliphatic carbocycles. The fourth-order valence-electron chi connectivity index (χ4n) is 9.32. The zero-order chi connectivity index (χ0) is 28.7. The molecule has 0 radical (unpaired) electrons. The predicted molar refractivity (Wildman–Crippen MR) is 153 cm³/mol. The van der Waals surface area contributed by atoms with E-state index < -0.39 is 7.82 Å². The first kappa shape index (κ1) is 35.3. The van der Waals surface area contributed by atoms with Gasteiger partial charge in [-0.1, -0.05) is 104 Å². The van der Waals surface area contributed by atoms with Gasteiger partial charge in [0.15, 0.2) is 0 Å². The first-order valence-corrected chi connectivity index (χ1v) is 16.5. The van der Waals surface area contributed by atoms with Crippen molar-refractivity contribution in [3.8, 4) is 0 Å². The third kappa shape index (κ3) is 7.01. The first-order valence-electron chi connectivity index (χ1n) is 15.1. The summed E-state index contributed by atoms with van der Waals surface area (Å²) in [5, 5.41) is 0. The van der Waals surface area contributed by atoms with Crippen molar-refractivity contribution >= 4 is 7.82 Å². The summed E-state index contributed by atoms with van der Waals surface area (Å²) in [5.41, 5.74) is 0.163.